The summed E-state index contributed by atoms with van der Waals surface area (Å²) in [6.45, 7) is 6.55. The van der Waals surface area contributed by atoms with E-state index in [4.69, 9.17) is 5.10 Å². The molecule has 3 nitrogen and oxygen atoms in total. The van der Waals surface area contributed by atoms with Crippen molar-refractivity contribution in [2.75, 3.05) is 0 Å². The molecule has 2 aromatic carbocycles. The maximum atomic E-state index is 4.83. The van der Waals surface area contributed by atoms with Crippen LogP contribution in [0.4, 0.5) is 0 Å². The van der Waals surface area contributed by atoms with Crippen LogP contribution in [0.15, 0.2) is 83.7 Å². The first kappa shape index (κ1) is 20.1. The Bertz CT molecular complexity index is 1060. The second kappa shape index (κ2) is 9.08. The molecule has 0 saturated heterocycles. The maximum Gasteiger partial charge on any atom is 0.0745 e. The van der Waals surface area contributed by atoms with E-state index in [1.54, 1.807) is 0 Å². The predicted octanol–water partition coefficient (Wildman–Crippen LogP) is 6.39. The van der Waals surface area contributed by atoms with Gasteiger partial charge in [0.25, 0.3) is 0 Å². The lowest BCUT2D eigenvalue weighted by Gasteiger charge is -2.18. The number of aromatic nitrogens is 1. The van der Waals surface area contributed by atoms with Crippen molar-refractivity contribution in [2.24, 2.45) is 5.10 Å². The van der Waals surface area contributed by atoms with Gasteiger partial charge in [-0.1, -0.05) is 67.4 Å². The molecule has 152 valence electrons. The van der Waals surface area contributed by atoms with Crippen LogP contribution in [0.2, 0.25) is 0 Å². The molecule has 2 heterocycles. The van der Waals surface area contributed by atoms with Crippen LogP contribution in [-0.4, -0.2) is 10.7 Å². The van der Waals surface area contributed by atoms with Crippen molar-refractivity contribution >= 4 is 11.3 Å². The lowest BCUT2D eigenvalue weighted by Crippen LogP contribution is -2.10. The SMILES string of the molecule is CCC/C(C1=NNC(c2ccc(C)cc2)C1)=C(/c1ccncc1)c1ccccc1C. The van der Waals surface area contributed by atoms with Gasteiger partial charge >= 0.3 is 0 Å². The lowest BCUT2D eigenvalue weighted by atomic mass is 9.85. The van der Waals surface area contributed by atoms with Crippen molar-refractivity contribution in [3.05, 3.63) is 106 Å². The highest BCUT2D eigenvalue weighted by Gasteiger charge is 2.25. The van der Waals surface area contributed by atoms with Gasteiger partial charge in [-0.25, -0.2) is 0 Å². The third-order valence-corrected chi connectivity index (χ3v) is 5.77. The molecule has 1 aromatic heterocycles. The smallest absolute Gasteiger partial charge is 0.0745 e. The average molecular weight is 396 g/mol. The van der Waals surface area contributed by atoms with Gasteiger partial charge < -0.3 is 5.43 Å². The number of hydrazone groups is 1. The van der Waals surface area contributed by atoms with E-state index in [1.807, 2.05) is 12.4 Å². The topological polar surface area (TPSA) is 37.3 Å². The average Bonchev–Trinajstić information content (AvgIpc) is 3.26. The van der Waals surface area contributed by atoms with Gasteiger partial charge in [-0.15, -0.1) is 0 Å². The maximum absolute atomic E-state index is 4.83. The van der Waals surface area contributed by atoms with Crippen LogP contribution in [-0.2, 0) is 0 Å². The van der Waals surface area contributed by atoms with E-state index in [0.717, 1.165) is 25.0 Å². The number of nitrogens with one attached hydrogen (secondary N) is 1. The minimum Gasteiger partial charge on any atom is -0.302 e. The minimum atomic E-state index is 0.225. The van der Waals surface area contributed by atoms with Gasteiger partial charge in [0.05, 0.1) is 11.8 Å². The number of hydrogen-bond acceptors (Lipinski definition) is 3. The van der Waals surface area contributed by atoms with Crippen LogP contribution in [0.5, 0.6) is 0 Å². The highest BCUT2D eigenvalue weighted by atomic mass is 15.3. The largest absolute Gasteiger partial charge is 0.302 e. The third-order valence-electron chi connectivity index (χ3n) is 5.77. The monoisotopic (exact) mass is 395 g/mol. The molecular formula is C27H29N3. The van der Waals surface area contributed by atoms with E-state index in [-0.39, 0.29) is 6.04 Å². The molecule has 1 aliphatic heterocycles. The summed E-state index contributed by atoms with van der Waals surface area (Å²) in [4.78, 5) is 4.24. The summed E-state index contributed by atoms with van der Waals surface area (Å²) in [5, 5.41) is 4.83. The fraction of sp³-hybridized carbons (Fsp3) is 0.259. The quantitative estimate of drug-likeness (QED) is 0.525. The number of aryl methyl sites for hydroxylation is 2. The van der Waals surface area contributed by atoms with Crippen LogP contribution < -0.4 is 5.43 Å². The molecule has 0 radical (unpaired) electrons. The van der Waals surface area contributed by atoms with Gasteiger partial charge in [-0.3, -0.25) is 4.98 Å². The van der Waals surface area contributed by atoms with Crippen LogP contribution in [0.25, 0.3) is 5.57 Å². The fourth-order valence-electron chi connectivity index (χ4n) is 4.15. The zero-order valence-electron chi connectivity index (χ0n) is 18.0. The van der Waals surface area contributed by atoms with E-state index in [2.05, 4.69) is 91.8 Å². The predicted molar refractivity (Wildman–Crippen MR) is 125 cm³/mol. The van der Waals surface area contributed by atoms with Gasteiger partial charge in [0.2, 0.25) is 0 Å². The molecule has 0 aliphatic carbocycles. The molecule has 3 aromatic rings. The van der Waals surface area contributed by atoms with Gasteiger partial charge in [0.15, 0.2) is 0 Å². The van der Waals surface area contributed by atoms with Crippen LogP contribution in [0.1, 0.15) is 60.0 Å². The molecule has 1 unspecified atom stereocenters. The fourth-order valence-corrected chi connectivity index (χ4v) is 4.15. The molecule has 3 heteroatoms. The first-order valence-corrected chi connectivity index (χ1v) is 10.8. The molecule has 0 saturated carbocycles. The summed E-state index contributed by atoms with van der Waals surface area (Å²) in [6.07, 6.45) is 6.72. The van der Waals surface area contributed by atoms with Crippen molar-refractivity contribution in [2.45, 2.75) is 46.1 Å². The van der Waals surface area contributed by atoms with E-state index in [9.17, 15) is 0 Å². The number of hydrogen-bond donors (Lipinski definition) is 1. The normalized spacial score (nSPS) is 16.6. The summed E-state index contributed by atoms with van der Waals surface area (Å²) >= 11 is 0. The second-order valence-electron chi connectivity index (χ2n) is 8.01. The summed E-state index contributed by atoms with van der Waals surface area (Å²) in [7, 11) is 0. The summed E-state index contributed by atoms with van der Waals surface area (Å²) in [6, 6.07) is 21.8. The van der Waals surface area contributed by atoms with E-state index in [1.165, 1.54) is 39.0 Å². The molecule has 0 fully saturated rings. The zero-order chi connectivity index (χ0) is 20.9. The molecule has 0 spiro atoms. The standard InChI is InChI=1S/C27H29N3/c1-4-7-24(26-18-25(29-30-26)21-12-10-19(2)11-13-21)27(22-14-16-28-17-15-22)23-9-6-5-8-20(23)3/h5-6,8-17,25,29H,4,7,18H2,1-3H3/b27-24+. The number of rotatable bonds is 6. The van der Waals surface area contributed by atoms with Crippen molar-refractivity contribution in [1.82, 2.24) is 10.4 Å². The lowest BCUT2D eigenvalue weighted by molar-refractivity contribution is 0.620. The molecule has 1 atom stereocenters. The molecule has 0 amide bonds. The van der Waals surface area contributed by atoms with Crippen molar-refractivity contribution in [3.63, 3.8) is 0 Å². The Morgan fingerprint density at radius 3 is 2.40 bits per heavy atom. The number of pyridine rings is 1. The Labute approximate surface area is 179 Å². The summed E-state index contributed by atoms with van der Waals surface area (Å²) < 4.78 is 0. The van der Waals surface area contributed by atoms with Crippen molar-refractivity contribution < 1.29 is 0 Å². The molecule has 1 N–H and O–H groups in total. The van der Waals surface area contributed by atoms with Gasteiger partial charge in [0.1, 0.15) is 0 Å². The molecular weight excluding hydrogens is 366 g/mol. The van der Waals surface area contributed by atoms with E-state index < -0.39 is 0 Å². The summed E-state index contributed by atoms with van der Waals surface area (Å²) in [5.41, 5.74) is 13.5. The number of benzene rings is 2. The highest BCUT2D eigenvalue weighted by molar-refractivity contribution is 6.10. The van der Waals surface area contributed by atoms with Crippen molar-refractivity contribution in [1.29, 1.82) is 0 Å². The number of nitrogens with zero attached hydrogens (tertiary/aromatic N) is 2. The van der Waals surface area contributed by atoms with Gasteiger partial charge in [-0.2, -0.15) is 5.10 Å². The van der Waals surface area contributed by atoms with Crippen molar-refractivity contribution in [3.8, 4) is 0 Å². The Morgan fingerprint density at radius 1 is 0.967 bits per heavy atom. The molecule has 1 aliphatic rings. The van der Waals surface area contributed by atoms with Gasteiger partial charge in [-0.05, 0) is 65.8 Å². The van der Waals surface area contributed by atoms with E-state index >= 15 is 0 Å². The second-order valence-corrected chi connectivity index (χ2v) is 8.01. The van der Waals surface area contributed by atoms with Crippen LogP contribution in [0.3, 0.4) is 0 Å². The Hall–Kier alpha value is -3.20. The zero-order valence-corrected chi connectivity index (χ0v) is 18.0. The number of allylic oxidation sites excluding steroid dienone is 1. The minimum absolute atomic E-state index is 0.225. The first-order valence-electron chi connectivity index (χ1n) is 10.8. The Morgan fingerprint density at radius 2 is 1.70 bits per heavy atom. The first-order chi connectivity index (χ1) is 14.7. The third kappa shape index (κ3) is 4.20. The molecule has 30 heavy (non-hydrogen) atoms. The molecule has 0 bridgehead atoms. The van der Waals surface area contributed by atoms with Gasteiger partial charge in [0, 0.05) is 18.8 Å². The summed E-state index contributed by atoms with van der Waals surface area (Å²) in [5.74, 6) is 0. The Kier molecular flexibility index (Phi) is 6.08. The van der Waals surface area contributed by atoms with E-state index in [0.29, 0.717) is 0 Å². The Balaban J connectivity index is 1.79. The van der Waals surface area contributed by atoms with Crippen LogP contribution in [0, 0.1) is 13.8 Å². The highest BCUT2D eigenvalue weighted by Crippen LogP contribution is 2.35. The van der Waals surface area contributed by atoms with Crippen LogP contribution >= 0.6 is 0 Å². The molecule has 4 rings (SSSR count).